The van der Waals surface area contributed by atoms with E-state index in [4.69, 9.17) is 0 Å². The van der Waals surface area contributed by atoms with Gasteiger partial charge in [-0.3, -0.25) is 4.79 Å². The van der Waals surface area contributed by atoms with Gasteiger partial charge in [-0.15, -0.1) is 23.1 Å². The molecule has 2 rings (SSSR count). The van der Waals surface area contributed by atoms with Crippen molar-refractivity contribution in [2.45, 2.75) is 50.9 Å². The van der Waals surface area contributed by atoms with E-state index >= 15 is 0 Å². The number of rotatable bonds is 6. The van der Waals surface area contributed by atoms with Gasteiger partial charge in [0.05, 0.1) is 22.1 Å². The van der Waals surface area contributed by atoms with E-state index in [9.17, 15) is 9.90 Å². The smallest absolute Gasteiger partial charge is 0.230 e. The summed E-state index contributed by atoms with van der Waals surface area (Å²) < 4.78 is 0. The van der Waals surface area contributed by atoms with E-state index < -0.39 is 5.60 Å². The number of nitrogens with one attached hydrogen (secondary N) is 1. The van der Waals surface area contributed by atoms with Crippen LogP contribution in [0.3, 0.4) is 0 Å². The Hall–Kier alpha value is -0.590. The van der Waals surface area contributed by atoms with Crippen molar-refractivity contribution < 1.29 is 9.90 Å². The lowest BCUT2D eigenvalue weighted by molar-refractivity contribution is -0.120. The fraction of sp³-hybridized carbons (Fsp3) is 0.733. The zero-order valence-electron chi connectivity index (χ0n) is 12.7. The number of aryl methyl sites for hydroxylation is 1. The Labute approximate surface area is 134 Å². The predicted octanol–water partition coefficient (Wildman–Crippen LogP) is 2.74. The average Bonchev–Trinajstić information content (AvgIpc) is 2.82. The van der Waals surface area contributed by atoms with Crippen molar-refractivity contribution in [3.63, 3.8) is 0 Å². The third kappa shape index (κ3) is 5.60. The summed E-state index contributed by atoms with van der Waals surface area (Å²) in [5, 5.41) is 16.4. The molecule has 21 heavy (non-hydrogen) atoms. The Morgan fingerprint density at radius 3 is 3.14 bits per heavy atom. The molecule has 1 aliphatic carbocycles. The van der Waals surface area contributed by atoms with Gasteiger partial charge in [-0.1, -0.05) is 19.8 Å². The van der Waals surface area contributed by atoms with E-state index in [1.807, 2.05) is 12.3 Å². The minimum atomic E-state index is -0.704. The summed E-state index contributed by atoms with van der Waals surface area (Å²) in [6.45, 7) is 4.53. The topological polar surface area (TPSA) is 62.2 Å². The van der Waals surface area contributed by atoms with Gasteiger partial charge in [-0.05, 0) is 25.7 Å². The zero-order chi connectivity index (χ0) is 15.3. The molecule has 0 saturated heterocycles. The van der Waals surface area contributed by atoms with Crippen LogP contribution >= 0.6 is 23.1 Å². The third-order valence-electron chi connectivity index (χ3n) is 3.83. The standard InChI is InChI=1S/C15H24N2O2S2/c1-11-4-3-5-15(19,6-11)10-16-14(18)9-20-7-13-8-21-12(2)17-13/h8,11,19H,3-7,9-10H2,1-2H3,(H,16,18). The van der Waals surface area contributed by atoms with Gasteiger partial charge in [0.15, 0.2) is 0 Å². The van der Waals surface area contributed by atoms with Crippen LogP contribution in [0.25, 0.3) is 0 Å². The Kier molecular flexibility index (Phi) is 6.08. The molecule has 0 aliphatic heterocycles. The SMILES string of the molecule is Cc1nc(CSCC(=O)NCC2(O)CCCC(C)C2)cs1. The van der Waals surface area contributed by atoms with Crippen LogP contribution in [0.5, 0.6) is 0 Å². The maximum atomic E-state index is 11.8. The maximum absolute atomic E-state index is 11.8. The highest BCUT2D eigenvalue weighted by atomic mass is 32.2. The minimum absolute atomic E-state index is 0.00129. The predicted molar refractivity (Wildman–Crippen MR) is 88.6 cm³/mol. The summed E-state index contributed by atoms with van der Waals surface area (Å²) in [5.74, 6) is 1.72. The molecule has 2 atom stereocenters. The molecule has 2 N–H and O–H groups in total. The lowest BCUT2D eigenvalue weighted by Crippen LogP contribution is -2.46. The zero-order valence-corrected chi connectivity index (χ0v) is 14.4. The first kappa shape index (κ1) is 16.8. The molecule has 2 unspecified atom stereocenters. The molecule has 0 bridgehead atoms. The first-order valence-corrected chi connectivity index (χ1v) is 9.48. The summed E-state index contributed by atoms with van der Waals surface area (Å²) >= 11 is 3.20. The van der Waals surface area contributed by atoms with E-state index in [0.29, 0.717) is 18.2 Å². The summed E-state index contributed by atoms with van der Waals surface area (Å²) in [4.78, 5) is 16.2. The minimum Gasteiger partial charge on any atom is -0.388 e. The van der Waals surface area contributed by atoms with Gasteiger partial charge in [0.1, 0.15) is 0 Å². The second-order valence-corrected chi connectivity index (χ2v) is 8.10. The molecule has 0 spiro atoms. The number of amides is 1. The number of hydrogen-bond donors (Lipinski definition) is 2. The number of aliphatic hydroxyl groups is 1. The quantitative estimate of drug-likeness (QED) is 0.843. The molecule has 1 aromatic heterocycles. The molecule has 4 nitrogen and oxygen atoms in total. The summed E-state index contributed by atoms with van der Waals surface area (Å²) in [6.07, 6.45) is 3.81. The van der Waals surface area contributed by atoms with E-state index in [0.717, 1.165) is 35.7 Å². The lowest BCUT2D eigenvalue weighted by Gasteiger charge is -2.35. The maximum Gasteiger partial charge on any atom is 0.230 e. The Balaban J connectivity index is 1.65. The molecule has 1 amide bonds. The van der Waals surface area contributed by atoms with Gasteiger partial charge >= 0.3 is 0 Å². The highest BCUT2D eigenvalue weighted by Crippen LogP contribution is 2.31. The Morgan fingerprint density at radius 1 is 1.67 bits per heavy atom. The molecule has 0 aromatic carbocycles. The van der Waals surface area contributed by atoms with Gasteiger partial charge in [0.25, 0.3) is 0 Å². The number of aromatic nitrogens is 1. The van der Waals surface area contributed by atoms with E-state index in [1.165, 1.54) is 6.42 Å². The fourth-order valence-corrected chi connectivity index (χ4v) is 4.29. The molecule has 1 fully saturated rings. The van der Waals surface area contributed by atoms with Gasteiger partial charge < -0.3 is 10.4 Å². The highest BCUT2D eigenvalue weighted by molar-refractivity contribution is 7.99. The van der Waals surface area contributed by atoms with Crippen molar-refractivity contribution in [2.75, 3.05) is 12.3 Å². The number of hydrogen-bond acceptors (Lipinski definition) is 5. The van der Waals surface area contributed by atoms with Gasteiger partial charge in [0, 0.05) is 17.7 Å². The summed E-state index contributed by atoms with van der Waals surface area (Å²) in [7, 11) is 0. The summed E-state index contributed by atoms with van der Waals surface area (Å²) in [5.41, 5.74) is 0.333. The summed E-state index contributed by atoms with van der Waals surface area (Å²) in [6, 6.07) is 0. The van der Waals surface area contributed by atoms with Crippen LogP contribution in [0.2, 0.25) is 0 Å². The molecular formula is C15H24N2O2S2. The number of thiazole rings is 1. The second kappa shape index (κ2) is 7.61. The molecule has 1 saturated carbocycles. The molecule has 118 valence electrons. The van der Waals surface area contributed by atoms with E-state index in [-0.39, 0.29) is 5.91 Å². The van der Waals surface area contributed by atoms with Crippen LogP contribution in [0.1, 0.15) is 43.3 Å². The highest BCUT2D eigenvalue weighted by Gasteiger charge is 2.32. The van der Waals surface area contributed by atoms with Crippen LogP contribution in [0, 0.1) is 12.8 Å². The number of thioether (sulfide) groups is 1. The fourth-order valence-electron chi connectivity index (χ4n) is 2.83. The average molecular weight is 329 g/mol. The van der Waals surface area contributed by atoms with Crippen molar-refractivity contribution in [1.29, 1.82) is 0 Å². The van der Waals surface area contributed by atoms with E-state index in [1.54, 1.807) is 23.1 Å². The normalized spacial score (nSPS) is 25.8. The number of nitrogens with zero attached hydrogens (tertiary/aromatic N) is 1. The van der Waals surface area contributed by atoms with Crippen LogP contribution in [-0.2, 0) is 10.5 Å². The van der Waals surface area contributed by atoms with Crippen molar-refractivity contribution in [1.82, 2.24) is 10.3 Å². The first-order chi connectivity index (χ1) is 9.97. The largest absolute Gasteiger partial charge is 0.388 e. The van der Waals surface area contributed by atoms with Crippen LogP contribution in [0.15, 0.2) is 5.38 Å². The third-order valence-corrected chi connectivity index (χ3v) is 5.62. The van der Waals surface area contributed by atoms with E-state index in [2.05, 4.69) is 17.2 Å². The van der Waals surface area contributed by atoms with Crippen LogP contribution < -0.4 is 5.32 Å². The second-order valence-electron chi connectivity index (χ2n) is 6.05. The molecule has 6 heteroatoms. The molecular weight excluding hydrogens is 304 g/mol. The lowest BCUT2D eigenvalue weighted by atomic mass is 9.79. The van der Waals surface area contributed by atoms with Gasteiger partial charge in [-0.2, -0.15) is 0 Å². The molecule has 0 radical (unpaired) electrons. The van der Waals surface area contributed by atoms with Crippen LogP contribution in [0.4, 0.5) is 0 Å². The van der Waals surface area contributed by atoms with Crippen molar-refractivity contribution >= 4 is 29.0 Å². The van der Waals surface area contributed by atoms with Gasteiger partial charge in [-0.25, -0.2) is 4.98 Å². The molecule has 1 aliphatic rings. The van der Waals surface area contributed by atoms with Gasteiger partial charge in [0.2, 0.25) is 5.91 Å². The Bertz CT molecular complexity index is 478. The first-order valence-electron chi connectivity index (χ1n) is 7.45. The number of carbonyl (C=O) groups is 1. The van der Waals surface area contributed by atoms with Crippen molar-refractivity contribution in [3.8, 4) is 0 Å². The monoisotopic (exact) mass is 328 g/mol. The Morgan fingerprint density at radius 2 is 2.48 bits per heavy atom. The van der Waals surface area contributed by atoms with Crippen LogP contribution in [-0.4, -0.2) is 33.9 Å². The van der Waals surface area contributed by atoms with Crippen molar-refractivity contribution in [2.24, 2.45) is 5.92 Å². The number of carbonyl (C=O) groups excluding carboxylic acids is 1. The van der Waals surface area contributed by atoms with Crippen molar-refractivity contribution in [3.05, 3.63) is 16.1 Å². The molecule has 1 aromatic rings. The molecule has 1 heterocycles.